The van der Waals surface area contributed by atoms with Crippen LogP contribution in [0, 0.1) is 10.1 Å². The second-order valence-electron chi connectivity index (χ2n) is 3.63. The second-order valence-corrected chi connectivity index (χ2v) is 5.04. The maximum atomic E-state index is 10.8. The number of hydrogen-bond acceptors (Lipinski definition) is 4. The number of nitro benzene ring substituents is 1. The summed E-state index contributed by atoms with van der Waals surface area (Å²) in [6.45, 7) is 4.12. The fourth-order valence-corrected chi connectivity index (χ4v) is 2.41. The van der Waals surface area contributed by atoms with E-state index in [9.17, 15) is 10.1 Å². The molecule has 0 spiro atoms. The molecule has 0 bridgehead atoms. The molecule has 1 N–H and O–H groups in total. The molecule has 0 aromatic heterocycles. The Balaban J connectivity index is 2.84. The molecule has 0 amide bonds. The van der Waals surface area contributed by atoms with Gasteiger partial charge in [0.1, 0.15) is 0 Å². The third-order valence-corrected chi connectivity index (χ3v) is 3.91. The Hall–Kier alpha value is -1.07. The van der Waals surface area contributed by atoms with Crippen LogP contribution in [0.1, 0.15) is 13.8 Å². The van der Waals surface area contributed by atoms with Crippen molar-refractivity contribution < 1.29 is 4.92 Å². The van der Waals surface area contributed by atoms with Gasteiger partial charge in [0.05, 0.1) is 9.82 Å². The molecule has 0 saturated carbocycles. The first-order valence-electron chi connectivity index (χ1n) is 5.13. The number of nitrogens with zero attached hydrogens (tertiary/aromatic N) is 1. The highest BCUT2D eigenvalue weighted by Crippen LogP contribution is 2.32. The minimum atomic E-state index is -0.334. The zero-order valence-corrected chi connectivity index (χ0v) is 10.5. The quantitative estimate of drug-likeness (QED) is 0.488. The first kappa shape index (κ1) is 13.0. The van der Waals surface area contributed by atoms with E-state index in [1.54, 1.807) is 18.2 Å². The SMILES string of the molecule is CNC(C)C(C)Sc1ccccc1[N+](=O)[O-]. The molecule has 0 aliphatic rings. The van der Waals surface area contributed by atoms with Crippen LogP contribution in [-0.2, 0) is 0 Å². The third kappa shape index (κ3) is 3.21. The van der Waals surface area contributed by atoms with Crippen molar-refractivity contribution in [2.24, 2.45) is 0 Å². The Labute approximate surface area is 99.6 Å². The maximum absolute atomic E-state index is 10.8. The van der Waals surface area contributed by atoms with E-state index in [1.165, 1.54) is 11.8 Å². The third-order valence-electron chi connectivity index (χ3n) is 2.53. The lowest BCUT2D eigenvalue weighted by Crippen LogP contribution is -2.30. The van der Waals surface area contributed by atoms with E-state index in [4.69, 9.17) is 0 Å². The highest BCUT2D eigenvalue weighted by Gasteiger charge is 2.18. The van der Waals surface area contributed by atoms with E-state index < -0.39 is 0 Å². The lowest BCUT2D eigenvalue weighted by molar-refractivity contribution is -0.387. The van der Waals surface area contributed by atoms with Crippen LogP contribution in [0.2, 0.25) is 0 Å². The molecule has 5 heteroatoms. The number of nitro groups is 1. The molecule has 0 radical (unpaired) electrons. The summed E-state index contributed by atoms with van der Waals surface area (Å²) < 4.78 is 0. The van der Waals surface area contributed by atoms with Gasteiger partial charge in [0.2, 0.25) is 0 Å². The molecule has 4 nitrogen and oxygen atoms in total. The van der Waals surface area contributed by atoms with Gasteiger partial charge >= 0.3 is 0 Å². The van der Waals surface area contributed by atoms with E-state index in [-0.39, 0.29) is 15.9 Å². The van der Waals surface area contributed by atoms with Crippen LogP contribution in [0.25, 0.3) is 0 Å². The number of rotatable bonds is 5. The molecular weight excluding hydrogens is 224 g/mol. The molecule has 1 rings (SSSR count). The van der Waals surface area contributed by atoms with Crippen molar-refractivity contribution in [3.63, 3.8) is 0 Å². The Kier molecular flexibility index (Phi) is 4.76. The average molecular weight is 240 g/mol. The summed E-state index contributed by atoms with van der Waals surface area (Å²) in [6, 6.07) is 7.16. The van der Waals surface area contributed by atoms with E-state index in [0.717, 1.165) is 4.90 Å². The lowest BCUT2D eigenvalue weighted by Gasteiger charge is -2.18. The molecule has 16 heavy (non-hydrogen) atoms. The Morgan fingerprint density at radius 2 is 2.00 bits per heavy atom. The van der Waals surface area contributed by atoms with Gasteiger partial charge in [-0.25, -0.2) is 0 Å². The van der Waals surface area contributed by atoms with Crippen LogP contribution in [0.15, 0.2) is 29.2 Å². The molecule has 0 heterocycles. The molecular formula is C11H16N2O2S. The zero-order valence-electron chi connectivity index (χ0n) is 9.64. The molecule has 0 aliphatic carbocycles. The molecule has 0 aliphatic heterocycles. The zero-order chi connectivity index (χ0) is 12.1. The summed E-state index contributed by atoms with van der Waals surface area (Å²) in [5.41, 5.74) is 0.183. The van der Waals surface area contributed by atoms with Crippen molar-refractivity contribution in [3.05, 3.63) is 34.4 Å². The van der Waals surface area contributed by atoms with E-state index in [2.05, 4.69) is 19.2 Å². The standard InChI is InChI=1S/C11H16N2O2S/c1-8(12-3)9(2)16-11-7-5-4-6-10(11)13(14)15/h4-9,12H,1-3H3. The van der Waals surface area contributed by atoms with E-state index in [0.29, 0.717) is 6.04 Å². The number of para-hydroxylation sites is 1. The van der Waals surface area contributed by atoms with Gasteiger partial charge in [-0.05, 0) is 20.0 Å². The largest absolute Gasteiger partial charge is 0.316 e. The normalized spacial score (nSPS) is 14.4. The molecule has 0 saturated heterocycles. The van der Waals surface area contributed by atoms with Crippen molar-refractivity contribution in [1.82, 2.24) is 5.32 Å². The fraction of sp³-hybridized carbons (Fsp3) is 0.455. The van der Waals surface area contributed by atoms with Gasteiger partial charge in [0.25, 0.3) is 5.69 Å². The highest BCUT2D eigenvalue weighted by molar-refractivity contribution is 8.00. The second kappa shape index (κ2) is 5.86. The highest BCUT2D eigenvalue weighted by atomic mass is 32.2. The summed E-state index contributed by atoms with van der Waals surface area (Å²) in [5.74, 6) is 0. The van der Waals surface area contributed by atoms with E-state index >= 15 is 0 Å². The summed E-state index contributed by atoms with van der Waals surface area (Å²) >= 11 is 1.53. The number of benzene rings is 1. The number of hydrogen-bond donors (Lipinski definition) is 1. The van der Waals surface area contributed by atoms with Crippen LogP contribution in [0.5, 0.6) is 0 Å². The molecule has 1 aromatic carbocycles. The van der Waals surface area contributed by atoms with Crippen LogP contribution in [0.3, 0.4) is 0 Å². The van der Waals surface area contributed by atoms with Crippen molar-refractivity contribution in [2.45, 2.75) is 30.0 Å². The Morgan fingerprint density at radius 3 is 2.56 bits per heavy atom. The first-order valence-corrected chi connectivity index (χ1v) is 6.01. The van der Waals surface area contributed by atoms with Crippen molar-refractivity contribution in [2.75, 3.05) is 7.05 Å². The predicted molar refractivity (Wildman–Crippen MR) is 66.9 cm³/mol. The molecule has 88 valence electrons. The molecule has 1 aromatic rings. The first-order chi connectivity index (χ1) is 7.56. The average Bonchev–Trinajstić information content (AvgIpc) is 2.28. The van der Waals surface area contributed by atoms with Gasteiger partial charge in [0, 0.05) is 17.4 Å². The van der Waals surface area contributed by atoms with Crippen molar-refractivity contribution >= 4 is 17.4 Å². The van der Waals surface area contributed by atoms with E-state index in [1.807, 2.05) is 13.1 Å². The lowest BCUT2D eigenvalue weighted by atomic mass is 10.3. The monoisotopic (exact) mass is 240 g/mol. The molecule has 2 unspecified atom stereocenters. The van der Waals surface area contributed by atoms with Gasteiger partial charge < -0.3 is 5.32 Å². The summed E-state index contributed by atoms with van der Waals surface area (Å²) in [7, 11) is 1.89. The minimum Gasteiger partial charge on any atom is -0.316 e. The molecule has 0 fully saturated rings. The Morgan fingerprint density at radius 1 is 1.38 bits per heavy atom. The van der Waals surface area contributed by atoms with Gasteiger partial charge in [0.15, 0.2) is 0 Å². The Bertz CT molecular complexity index is 371. The minimum absolute atomic E-state index is 0.183. The van der Waals surface area contributed by atoms with Gasteiger partial charge in [-0.3, -0.25) is 10.1 Å². The van der Waals surface area contributed by atoms with Crippen molar-refractivity contribution in [1.29, 1.82) is 0 Å². The van der Waals surface area contributed by atoms with Crippen LogP contribution in [-0.4, -0.2) is 23.3 Å². The van der Waals surface area contributed by atoms with Gasteiger partial charge in [-0.2, -0.15) is 0 Å². The fourth-order valence-electron chi connectivity index (χ4n) is 1.24. The van der Waals surface area contributed by atoms with Crippen molar-refractivity contribution in [3.8, 4) is 0 Å². The summed E-state index contributed by atoms with van der Waals surface area (Å²) in [6.07, 6.45) is 0. The van der Waals surface area contributed by atoms with Crippen LogP contribution < -0.4 is 5.32 Å². The summed E-state index contributed by atoms with van der Waals surface area (Å²) in [4.78, 5) is 11.2. The topological polar surface area (TPSA) is 55.2 Å². The number of thioether (sulfide) groups is 1. The smallest absolute Gasteiger partial charge is 0.282 e. The maximum Gasteiger partial charge on any atom is 0.282 e. The number of nitrogens with one attached hydrogen (secondary N) is 1. The summed E-state index contributed by atoms with van der Waals surface area (Å²) in [5, 5.41) is 14.2. The van der Waals surface area contributed by atoms with Crippen LogP contribution >= 0.6 is 11.8 Å². The molecule has 2 atom stereocenters. The van der Waals surface area contributed by atoms with Gasteiger partial charge in [-0.15, -0.1) is 11.8 Å². The predicted octanol–water partition coefficient (Wildman–Crippen LogP) is 2.68. The van der Waals surface area contributed by atoms with Gasteiger partial charge in [-0.1, -0.05) is 19.1 Å². The van der Waals surface area contributed by atoms with Crippen LogP contribution in [0.4, 0.5) is 5.69 Å².